The second kappa shape index (κ2) is 4.48. The van der Waals surface area contributed by atoms with Crippen molar-refractivity contribution in [1.82, 2.24) is 9.78 Å². The lowest BCUT2D eigenvalue weighted by molar-refractivity contribution is -0.0248. The van der Waals surface area contributed by atoms with Gasteiger partial charge in [-0.05, 0) is 19.1 Å². The third-order valence-corrected chi connectivity index (χ3v) is 3.33. The summed E-state index contributed by atoms with van der Waals surface area (Å²) in [4.78, 5) is 0. The van der Waals surface area contributed by atoms with Crippen LogP contribution in [0.5, 0.6) is 5.75 Å². The quantitative estimate of drug-likeness (QED) is 0.718. The molecule has 19 heavy (non-hydrogen) atoms. The molecule has 2 heterocycles. The largest absolute Gasteiger partial charge is 0.490 e. The Balaban J connectivity index is 2.21. The van der Waals surface area contributed by atoms with E-state index in [0.717, 1.165) is 10.9 Å². The van der Waals surface area contributed by atoms with Gasteiger partial charge in [-0.1, -0.05) is 0 Å². The topological polar surface area (TPSA) is 93.5 Å². The van der Waals surface area contributed by atoms with Gasteiger partial charge in [0, 0.05) is 11.4 Å². The average molecular weight is 263 g/mol. The summed E-state index contributed by atoms with van der Waals surface area (Å²) in [6, 6.07) is 3.64. The molecule has 3 atom stereocenters. The smallest absolute Gasteiger partial charge is 0.127 e. The van der Waals surface area contributed by atoms with Gasteiger partial charge in [-0.15, -0.1) is 0 Å². The minimum atomic E-state index is -0.962. The average Bonchev–Trinajstić information content (AvgIpc) is 2.76. The normalized spacial score (nSPS) is 24.0. The summed E-state index contributed by atoms with van der Waals surface area (Å²) in [6.45, 7) is 2.54. The molecule has 0 fully saturated rings. The summed E-state index contributed by atoms with van der Waals surface area (Å²) in [5.41, 5.74) is 7.18. The van der Waals surface area contributed by atoms with Crippen molar-refractivity contribution in [3.8, 4) is 5.75 Å². The molecule has 1 aromatic carbocycles. The van der Waals surface area contributed by atoms with Crippen molar-refractivity contribution in [3.05, 3.63) is 23.9 Å². The molecule has 2 aromatic rings. The molecular weight excluding hydrogens is 246 g/mol. The third-order valence-electron chi connectivity index (χ3n) is 3.33. The molecule has 4 N–H and O–H groups in total. The number of ether oxygens (including phenoxy) is 1. The number of aliphatic hydroxyl groups excluding tert-OH is 2. The molecule has 102 valence electrons. The lowest BCUT2D eigenvalue weighted by Gasteiger charge is -2.27. The summed E-state index contributed by atoms with van der Waals surface area (Å²) >= 11 is 0. The number of nitrogens with zero attached hydrogens (tertiary/aromatic N) is 2. The van der Waals surface area contributed by atoms with Crippen LogP contribution in [0.25, 0.3) is 10.9 Å². The van der Waals surface area contributed by atoms with Gasteiger partial charge in [0.25, 0.3) is 0 Å². The van der Waals surface area contributed by atoms with Crippen LogP contribution in [-0.4, -0.2) is 38.7 Å². The van der Waals surface area contributed by atoms with E-state index >= 15 is 0 Å². The van der Waals surface area contributed by atoms with E-state index in [-0.39, 0.29) is 12.6 Å². The molecule has 0 spiro atoms. The molecule has 1 aliphatic rings. The van der Waals surface area contributed by atoms with E-state index in [2.05, 4.69) is 5.10 Å². The summed E-state index contributed by atoms with van der Waals surface area (Å²) in [7, 11) is 0. The van der Waals surface area contributed by atoms with Crippen molar-refractivity contribution in [1.29, 1.82) is 0 Å². The Kier molecular flexibility index (Phi) is 2.93. The molecule has 3 rings (SSSR count). The van der Waals surface area contributed by atoms with Crippen LogP contribution < -0.4 is 10.5 Å². The second-order valence-corrected chi connectivity index (χ2v) is 5.04. The number of aromatic nitrogens is 2. The van der Waals surface area contributed by atoms with Crippen LogP contribution in [0, 0.1) is 0 Å². The zero-order chi connectivity index (χ0) is 13.6. The molecule has 1 aromatic heterocycles. The molecule has 0 radical (unpaired) electrons. The molecule has 2 unspecified atom stereocenters. The minimum absolute atomic E-state index is 0.0504. The van der Waals surface area contributed by atoms with Crippen LogP contribution >= 0.6 is 0 Å². The Morgan fingerprint density at radius 3 is 3.05 bits per heavy atom. The molecule has 0 amide bonds. The highest BCUT2D eigenvalue weighted by Crippen LogP contribution is 2.37. The molecule has 0 aliphatic carbocycles. The molecule has 1 aliphatic heterocycles. The molecule has 6 heteroatoms. The molecule has 0 bridgehead atoms. The number of hydrogen-bond donors (Lipinski definition) is 3. The fourth-order valence-corrected chi connectivity index (χ4v) is 2.47. The first kappa shape index (κ1) is 12.4. The monoisotopic (exact) mass is 263 g/mol. The lowest BCUT2D eigenvalue weighted by Crippen LogP contribution is -2.31. The van der Waals surface area contributed by atoms with E-state index in [0.29, 0.717) is 17.9 Å². The van der Waals surface area contributed by atoms with Gasteiger partial charge >= 0.3 is 0 Å². The van der Waals surface area contributed by atoms with Gasteiger partial charge in [-0.3, -0.25) is 4.68 Å². The summed E-state index contributed by atoms with van der Waals surface area (Å²) in [5, 5.41) is 25.2. The standard InChI is InChI=1S/C13H17N3O3/c1-7(14)5-16-12-8(4-15-16)2-3-10-11(12)13(18)9(17)6-19-10/h2-4,7,9,13,17-18H,5-6,14H2,1H3/t7?,9-,13?/m0/s1. The van der Waals surface area contributed by atoms with E-state index in [1.807, 2.05) is 13.0 Å². The Morgan fingerprint density at radius 1 is 1.53 bits per heavy atom. The Bertz CT molecular complexity index is 608. The van der Waals surface area contributed by atoms with Crippen LogP contribution in [-0.2, 0) is 6.54 Å². The maximum Gasteiger partial charge on any atom is 0.127 e. The predicted octanol–water partition coefficient (Wildman–Crippen LogP) is 0.170. The van der Waals surface area contributed by atoms with Gasteiger partial charge in [0.05, 0.1) is 23.8 Å². The fraction of sp³-hybridized carbons (Fsp3) is 0.462. The number of benzene rings is 1. The summed E-state index contributed by atoms with van der Waals surface area (Å²) in [6.07, 6.45) is -0.154. The van der Waals surface area contributed by atoms with Gasteiger partial charge in [0.2, 0.25) is 0 Å². The predicted molar refractivity (Wildman–Crippen MR) is 69.8 cm³/mol. The van der Waals surface area contributed by atoms with Gasteiger partial charge in [0.1, 0.15) is 24.6 Å². The van der Waals surface area contributed by atoms with Crippen molar-refractivity contribution in [2.45, 2.75) is 31.7 Å². The molecule has 6 nitrogen and oxygen atoms in total. The van der Waals surface area contributed by atoms with Crippen LogP contribution in [0.15, 0.2) is 18.3 Å². The molecule has 0 saturated carbocycles. The first-order chi connectivity index (χ1) is 9.08. The highest BCUT2D eigenvalue weighted by Gasteiger charge is 2.31. The maximum absolute atomic E-state index is 10.2. The van der Waals surface area contributed by atoms with Crippen molar-refractivity contribution in [3.63, 3.8) is 0 Å². The highest BCUT2D eigenvalue weighted by molar-refractivity contribution is 5.85. The van der Waals surface area contributed by atoms with Crippen LogP contribution in [0.1, 0.15) is 18.6 Å². The number of hydrogen-bond acceptors (Lipinski definition) is 5. The third kappa shape index (κ3) is 1.98. The highest BCUT2D eigenvalue weighted by atomic mass is 16.5. The van der Waals surface area contributed by atoms with E-state index in [4.69, 9.17) is 10.5 Å². The van der Waals surface area contributed by atoms with Crippen LogP contribution in [0.3, 0.4) is 0 Å². The fourth-order valence-electron chi connectivity index (χ4n) is 2.47. The number of aliphatic hydroxyl groups is 2. The summed E-state index contributed by atoms with van der Waals surface area (Å²) < 4.78 is 7.21. The van der Waals surface area contributed by atoms with E-state index in [9.17, 15) is 10.2 Å². The van der Waals surface area contributed by atoms with E-state index in [1.54, 1.807) is 16.9 Å². The molecule has 0 saturated heterocycles. The first-order valence-electron chi connectivity index (χ1n) is 6.31. The number of rotatable bonds is 2. The minimum Gasteiger partial charge on any atom is -0.490 e. The Labute approximate surface area is 110 Å². The van der Waals surface area contributed by atoms with Gasteiger partial charge in [-0.2, -0.15) is 5.10 Å². The zero-order valence-corrected chi connectivity index (χ0v) is 10.7. The first-order valence-corrected chi connectivity index (χ1v) is 6.31. The summed E-state index contributed by atoms with van der Waals surface area (Å²) in [5.74, 6) is 0.594. The van der Waals surface area contributed by atoms with Gasteiger partial charge in [-0.25, -0.2) is 0 Å². The van der Waals surface area contributed by atoms with Gasteiger partial charge in [0.15, 0.2) is 0 Å². The second-order valence-electron chi connectivity index (χ2n) is 5.04. The van der Waals surface area contributed by atoms with Crippen molar-refractivity contribution < 1.29 is 14.9 Å². The SMILES string of the molecule is CC(N)Cn1ncc2ccc3c(c21)C(O)[C@@H](O)CO3. The number of nitrogens with two attached hydrogens (primary N) is 1. The zero-order valence-electron chi connectivity index (χ0n) is 10.7. The van der Waals surface area contributed by atoms with Gasteiger partial charge < -0.3 is 20.7 Å². The van der Waals surface area contributed by atoms with E-state index in [1.165, 1.54) is 0 Å². The number of fused-ring (bicyclic) bond motifs is 3. The van der Waals surface area contributed by atoms with E-state index < -0.39 is 12.2 Å². The van der Waals surface area contributed by atoms with Crippen molar-refractivity contribution in [2.75, 3.05) is 6.61 Å². The van der Waals surface area contributed by atoms with Crippen molar-refractivity contribution >= 4 is 10.9 Å². The van der Waals surface area contributed by atoms with Crippen LogP contribution in [0.4, 0.5) is 0 Å². The van der Waals surface area contributed by atoms with Crippen molar-refractivity contribution in [2.24, 2.45) is 5.73 Å². The molecular formula is C13H17N3O3. The maximum atomic E-state index is 10.2. The Hall–Kier alpha value is -1.63. The Morgan fingerprint density at radius 2 is 2.32 bits per heavy atom. The van der Waals surface area contributed by atoms with Crippen LogP contribution in [0.2, 0.25) is 0 Å². The lowest BCUT2D eigenvalue weighted by atomic mass is 9.98.